The zero-order valence-corrected chi connectivity index (χ0v) is 10.8. The fourth-order valence-corrected chi connectivity index (χ4v) is 2.92. The molecule has 14 heavy (non-hydrogen) atoms. The Hall–Kier alpha value is 0.270. The Labute approximate surface area is 93.0 Å². The predicted octanol–water partition coefficient (Wildman–Crippen LogP) is 1.62. The molecule has 1 aliphatic heterocycles. The first-order valence-corrected chi connectivity index (χ1v) is 6.77. The van der Waals surface area contributed by atoms with E-state index in [4.69, 9.17) is 0 Å². The second-order valence-corrected chi connectivity index (χ2v) is 5.86. The molecule has 0 N–H and O–H groups in total. The lowest BCUT2D eigenvalue weighted by Gasteiger charge is -2.22. The van der Waals surface area contributed by atoms with Crippen LogP contribution in [0.2, 0.25) is 0 Å². The summed E-state index contributed by atoms with van der Waals surface area (Å²) in [6.07, 6.45) is 0. The van der Waals surface area contributed by atoms with Gasteiger partial charge >= 0.3 is 0 Å². The van der Waals surface area contributed by atoms with Crippen molar-refractivity contribution in [3.63, 3.8) is 0 Å². The molecule has 1 fully saturated rings. The second-order valence-electron chi connectivity index (χ2n) is 4.46. The molecule has 0 aromatic heterocycles. The third-order valence-corrected chi connectivity index (χ3v) is 3.95. The first-order chi connectivity index (χ1) is 6.65. The molecule has 0 radical (unpaired) electrons. The van der Waals surface area contributed by atoms with Crippen LogP contribution in [0.25, 0.3) is 0 Å². The van der Waals surface area contributed by atoms with Gasteiger partial charge in [-0.2, -0.15) is 11.8 Å². The highest BCUT2D eigenvalue weighted by Gasteiger charge is 2.30. The summed E-state index contributed by atoms with van der Waals surface area (Å²) in [6, 6.07) is 0.765. The second kappa shape index (κ2) is 5.99. The Bertz CT molecular complexity index is 161. The summed E-state index contributed by atoms with van der Waals surface area (Å²) in [4.78, 5) is 4.98. The number of likely N-dealkylation sites (N-methyl/N-ethyl adjacent to an activating group) is 1. The van der Waals surface area contributed by atoms with Crippen LogP contribution in [0, 0.1) is 5.92 Å². The number of hydrogen-bond acceptors (Lipinski definition) is 3. The fourth-order valence-electron chi connectivity index (χ4n) is 2.24. The lowest BCUT2D eigenvalue weighted by atomic mass is 10.1. The first kappa shape index (κ1) is 12.3. The number of thioether (sulfide) groups is 1. The molecule has 1 saturated heterocycles. The van der Waals surface area contributed by atoms with Crippen LogP contribution < -0.4 is 0 Å². The van der Waals surface area contributed by atoms with Crippen molar-refractivity contribution in [1.82, 2.24) is 9.80 Å². The molecule has 1 rings (SSSR count). The summed E-state index contributed by atoms with van der Waals surface area (Å²) in [5, 5.41) is 0. The normalized spacial score (nSPS) is 28.9. The van der Waals surface area contributed by atoms with E-state index in [0.29, 0.717) is 0 Å². The van der Waals surface area contributed by atoms with E-state index in [2.05, 4.69) is 49.5 Å². The Balaban J connectivity index is 2.24. The van der Waals surface area contributed by atoms with Gasteiger partial charge in [-0.3, -0.25) is 0 Å². The summed E-state index contributed by atoms with van der Waals surface area (Å²) >= 11 is 2.05. The van der Waals surface area contributed by atoms with Gasteiger partial charge in [0.1, 0.15) is 0 Å². The standard InChI is InChI=1S/C11H24N2S/c1-5-14-7-6-13-8-10(2)11(9-13)12(3)4/h10-11H,5-9H2,1-4H3. The molecule has 2 unspecified atom stereocenters. The highest BCUT2D eigenvalue weighted by atomic mass is 32.2. The molecule has 1 heterocycles. The van der Waals surface area contributed by atoms with Gasteiger partial charge in [0.05, 0.1) is 0 Å². The Morgan fingerprint density at radius 3 is 2.57 bits per heavy atom. The molecule has 0 amide bonds. The third-order valence-electron chi connectivity index (χ3n) is 3.07. The van der Waals surface area contributed by atoms with Crippen molar-refractivity contribution in [1.29, 1.82) is 0 Å². The maximum absolute atomic E-state index is 2.61. The number of rotatable bonds is 5. The minimum atomic E-state index is 0.765. The van der Waals surface area contributed by atoms with Crippen LogP contribution in [-0.2, 0) is 0 Å². The van der Waals surface area contributed by atoms with E-state index in [0.717, 1.165) is 12.0 Å². The van der Waals surface area contributed by atoms with Crippen LogP contribution >= 0.6 is 11.8 Å². The van der Waals surface area contributed by atoms with Crippen LogP contribution in [0.5, 0.6) is 0 Å². The predicted molar refractivity (Wildman–Crippen MR) is 66.1 cm³/mol. The lowest BCUT2D eigenvalue weighted by Crippen LogP contribution is -2.34. The van der Waals surface area contributed by atoms with Gasteiger partial charge in [-0.05, 0) is 25.8 Å². The van der Waals surface area contributed by atoms with Gasteiger partial charge in [-0.15, -0.1) is 0 Å². The third kappa shape index (κ3) is 3.44. The SMILES string of the molecule is CCSCCN1CC(C)C(N(C)C)C1. The van der Waals surface area contributed by atoms with Gasteiger partial charge in [-0.25, -0.2) is 0 Å². The van der Waals surface area contributed by atoms with Crippen LogP contribution in [0.15, 0.2) is 0 Å². The molecular formula is C11H24N2S. The maximum Gasteiger partial charge on any atom is 0.0254 e. The summed E-state index contributed by atoms with van der Waals surface area (Å²) in [6.45, 7) is 8.43. The van der Waals surface area contributed by atoms with E-state index in [1.165, 1.54) is 31.1 Å². The highest BCUT2D eigenvalue weighted by molar-refractivity contribution is 7.99. The van der Waals surface area contributed by atoms with Crippen molar-refractivity contribution in [3.8, 4) is 0 Å². The van der Waals surface area contributed by atoms with Crippen molar-refractivity contribution in [3.05, 3.63) is 0 Å². The molecule has 2 nitrogen and oxygen atoms in total. The zero-order chi connectivity index (χ0) is 10.6. The van der Waals surface area contributed by atoms with Gasteiger partial charge < -0.3 is 9.80 Å². The van der Waals surface area contributed by atoms with Gasteiger partial charge in [0.15, 0.2) is 0 Å². The molecule has 0 bridgehead atoms. The minimum Gasteiger partial charge on any atom is -0.305 e. The maximum atomic E-state index is 2.61. The fraction of sp³-hybridized carbons (Fsp3) is 1.00. The van der Waals surface area contributed by atoms with Crippen molar-refractivity contribution in [2.24, 2.45) is 5.92 Å². The lowest BCUT2D eigenvalue weighted by molar-refractivity contribution is 0.255. The molecule has 0 saturated carbocycles. The minimum absolute atomic E-state index is 0.765. The Kier molecular flexibility index (Phi) is 5.28. The van der Waals surface area contributed by atoms with Crippen LogP contribution in [0.3, 0.4) is 0 Å². The molecular weight excluding hydrogens is 192 g/mol. The summed E-state index contributed by atoms with van der Waals surface area (Å²) < 4.78 is 0. The number of likely N-dealkylation sites (tertiary alicyclic amines) is 1. The smallest absolute Gasteiger partial charge is 0.0254 e. The van der Waals surface area contributed by atoms with E-state index in [-0.39, 0.29) is 0 Å². The topological polar surface area (TPSA) is 6.48 Å². The first-order valence-electron chi connectivity index (χ1n) is 5.61. The Morgan fingerprint density at radius 2 is 2.07 bits per heavy atom. The largest absolute Gasteiger partial charge is 0.305 e. The van der Waals surface area contributed by atoms with E-state index >= 15 is 0 Å². The quantitative estimate of drug-likeness (QED) is 0.645. The van der Waals surface area contributed by atoms with Gasteiger partial charge in [-0.1, -0.05) is 13.8 Å². The molecule has 1 aliphatic rings. The molecule has 3 heteroatoms. The average molecular weight is 216 g/mol. The number of hydrogen-bond donors (Lipinski definition) is 0. The molecule has 0 aromatic carbocycles. The van der Waals surface area contributed by atoms with E-state index in [1.54, 1.807) is 0 Å². The van der Waals surface area contributed by atoms with Gasteiger partial charge in [0.25, 0.3) is 0 Å². The highest BCUT2D eigenvalue weighted by Crippen LogP contribution is 2.19. The number of nitrogens with zero attached hydrogens (tertiary/aromatic N) is 2. The Morgan fingerprint density at radius 1 is 1.36 bits per heavy atom. The van der Waals surface area contributed by atoms with E-state index in [1.807, 2.05) is 0 Å². The average Bonchev–Trinajstić information content (AvgIpc) is 2.47. The molecule has 0 aromatic rings. The van der Waals surface area contributed by atoms with Crippen LogP contribution in [0.4, 0.5) is 0 Å². The van der Waals surface area contributed by atoms with E-state index < -0.39 is 0 Å². The molecule has 84 valence electrons. The molecule has 2 atom stereocenters. The van der Waals surface area contributed by atoms with Crippen LogP contribution in [0.1, 0.15) is 13.8 Å². The van der Waals surface area contributed by atoms with Crippen molar-refractivity contribution in [2.45, 2.75) is 19.9 Å². The van der Waals surface area contributed by atoms with Gasteiger partial charge in [0, 0.05) is 31.4 Å². The van der Waals surface area contributed by atoms with Gasteiger partial charge in [0.2, 0.25) is 0 Å². The molecule has 0 aliphatic carbocycles. The summed E-state index contributed by atoms with van der Waals surface area (Å²) in [5.41, 5.74) is 0. The van der Waals surface area contributed by atoms with Crippen molar-refractivity contribution in [2.75, 3.05) is 45.2 Å². The van der Waals surface area contributed by atoms with Crippen LogP contribution in [-0.4, -0.2) is 61.1 Å². The van der Waals surface area contributed by atoms with E-state index in [9.17, 15) is 0 Å². The monoisotopic (exact) mass is 216 g/mol. The summed E-state index contributed by atoms with van der Waals surface area (Å²) in [7, 11) is 4.40. The van der Waals surface area contributed by atoms with Crippen molar-refractivity contribution >= 4 is 11.8 Å². The zero-order valence-electron chi connectivity index (χ0n) is 9.99. The molecule has 0 spiro atoms. The summed E-state index contributed by atoms with van der Waals surface area (Å²) in [5.74, 6) is 3.38. The van der Waals surface area contributed by atoms with Crippen molar-refractivity contribution < 1.29 is 0 Å².